The maximum Gasteiger partial charge on any atom is 0.164 e. The van der Waals surface area contributed by atoms with E-state index in [-0.39, 0.29) is 5.41 Å². The van der Waals surface area contributed by atoms with Gasteiger partial charge in [-0.15, -0.1) is 0 Å². The smallest absolute Gasteiger partial charge is 0.164 e. The van der Waals surface area contributed by atoms with Gasteiger partial charge in [0.2, 0.25) is 0 Å². The Labute approximate surface area is 242 Å². The van der Waals surface area contributed by atoms with Crippen molar-refractivity contribution in [2.24, 2.45) is 0 Å². The minimum atomic E-state index is -0.0586. The van der Waals surface area contributed by atoms with Crippen molar-refractivity contribution in [1.29, 1.82) is 0 Å². The highest BCUT2D eigenvalue weighted by molar-refractivity contribution is 9.10. The van der Waals surface area contributed by atoms with E-state index in [4.69, 9.17) is 15.0 Å². The molecule has 0 atom stereocenters. The third-order valence-electron chi connectivity index (χ3n) is 7.83. The molecule has 0 bridgehead atoms. The van der Waals surface area contributed by atoms with Gasteiger partial charge in [0.1, 0.15) is 0 Å². The molecule has 0 spiro atoms. The normalized spacial score (nSPS) is 13.1. The second kappa shape index (κ2) is 9.65. The molecule has 0 saturated carbocycles. The van der Waals surface area contributed by atoms with E-state index in [9.17, 15) is 0 Å². The van der Waals surface area contributed by atoms with Gasteiger partial charge >= 0.3 is 0 Å². The second-order valence-corrected chi connectivity index (χ2v) is 11.5. The highest BCUT2D eigenvalue weighted by atomic mass is 79.9. The lowest BCUT2D eigenvalue weighted by molar-refractivity contribution is 0.660. The molecule has 0 radical (unpaired) electrons. The first-order chi connectivity index (χ1) is 19.5. The Morgan fingerprint density at radius 2 is 0.975 bits per heavy atom. The van der Waals surface area contributed by atoms with E-state index < -0.39 is 0 Å². The van der Waals surface area contributed by atoms with Crippen LogP contribution in [0.4, 0.5) is 0 Å². The molecule has 192 valence electrons. The summed E-state index contributed by atoms with van der Waals surface area (Å²) in [5.74, 6) is 2.00. The van der Waals surface area contributed by atoms with Crippen LogP contribution < -0.4 is 0 Å². The zero-order valence-electron chi connectivity index (χ0n) is 22.3. The highest BCUT2D eigenvalue weighted by Gasteiger charge is 2.36. The maximum atomic E-state index is 4.87. The van der Waals surface area contributed by atoms with Crippen LogP contribution in [0.3, 0.4) is 0 Å². The van der Waals surface area contributed by atoms with E-state index >= 15 is 0 Å². The van der Waals surface area contributed by atoms with Gasteiger partial charge in [-0.05, 0) is 39.9 Å². The summed E-state index contributed by atoms with van der Waals surface area (Å²) in [5.41, 5.74) is 10.5. The Balaban J connectivity index is 1.28. The fourth-order valence-corrected chi connectivity index (χ4v) is 6.25. The van der Waals surface area contributed by atoms with E-state index in [2.05, 4.69) is 90.4 Å². The number of nitrogens with zero attached hydrogens (tertiary/aromatic N) is 3. The standard InChI is InChI=1S/C36H26BrN3/c1-36(2)29-14-9-15-31(37)32(29)28-21-20-27(22-30(28)36)23-16-18-26(19-17-23)35-39-33(24-10-5-3-6-11-24)38-34(40-35)25-12-7-4-8-13-25/h3-22H,1-2H3. The highest BCUT2D eigenvalue weighted by Crippen LogP contribution is 2.52. The quantitative estimate of drug-likeness (QED) is 0.208. The molecular weight excluding hydrogens is 554 g/mol. The van der Waals surface area contributed by atoms with E-state index in [1.807, 2.05) is 60.7 Å². The van der Waals surface area contributed by atoms with Crippen LogP contribution in [0.2, 0.25) is 0 Å². The first-order valence-electron chi connectivity index (χ1n) is 13.4. The number of benzene rings is 5. The molecule has 0 unspecified atom stereocenters. The van der Waals surface area contributed by atoms with Gasteiger partial charge < -0.3 is 0 Å². The van der Waals surface area contributed by atoms with Crippen molar-refractivity contribution < 1.29 is 0 Å². The Kier molecular flexibility index (Phi) is 5.94. The van der Waals surface area contributed by atoms with Crippen LogP contribution in [0.15, 0.2) is 126 Å². The lowest BCUT2D eigenvalue weighted by Crippen LogP contribution is -2.14. The average molecular weight is 581 g/mol. The number of hydrogen-bond acceptors (Lipinski definition) is 3. The summed E-state index contributed by atoms with van der Waals surface area (Å²) in [4.78, 5) is 14.6. The van der Waals surface area contributed by atoms with Crippen molar-refractivity contribution >= 4 is 15.9 Å². The molecule has 1 aromatic heterocycles. The Bertz CT molecular complexity index is 1800. The van der Waals surface area contributed by atoms with Crippen molar-refractivity contribution in [2.75, 3.05) is 0 Å². The fourth-order valence-electron chi connectivity index (χ4n) is 5.67. The van der Waals surface area contributed by atoms with Gasteiger partial charge in [0.25, 0.3) is 0 Å². The van der Waals surface area contributed by atoms with Crippen molar-refractivity contribution in [2.45, 2.75) is 19.3 Å². The predicted molar refractivity (Wildman–Crippen MR) is 167 cm³/mol. The van der Waals surface area contributed by atoms with Gasteiger partial charge in [0, 0.05) is 32.1 Å². The molecule has 4 heteroatoms. The Morgan fingerprint density at radius 3 is 1.55 bits per heavy atom. The minimum absolute atomic E-state index is 0.0586. The average Bonchev–Trinajstić information content (AvgIpc) is 3.24. The van der Waals surface area contributed by atoms with E-state index in [1.165, 1.54) is 27.8 Å². The molecule has 6 aromatic rings. The molecule has 0 fully saturated rings. The van der Waals surface area contributed by atoms with Crippen molar-refractivity contribution in [3.05, 3.63) is 137 Å². The summed E-state index contributed by atoms with van der Waals surface area (Å²) < 4.78 is 1.15. The molecule has 0 saturated heterocycles. The van der Waals surface area contributed by atoms with Crippen LogP contribution in [-0.4, -0.2) is 15.0 Å². The third kappa shape index (κ3) is 4.16. The molecule has 0 amide bonds. The van der Waals surface area contributed by atoms with Gasteiger partial charge in [-0.3, -0.25) is 0 Å². The number of aromatic nitrogens is 3. The molecule has 0 N–H and O–H groups in total. The fraction of sp³-hybridized carbons (Fsp3) is 0.0833. The van der Waals surface area contributed by atoms with Crippen LogP contribution >= 0.6 is 15.9 Å². The summed E-state index contributed by atoms with van der Waals surface area (Å²) in [6, 6.07) is 42.0. The number of fused-ring (bicyclic) bond motifs is 3. The molecule has 40 heavy (non-hydrogen) atoms. The summed E-state index contributed by atoms with van der Waals surface area (Å²) >= 11 is 3.79. The van der Waals surface area contributed by atoms with Gasteiger partial charge in [0.05, 0.1) is 0 Å². The Morgan fingerprint density at radius 1 is 0.475 bits per heavy atom. The van der Waals surface area contributed by atoms with Crippen molar-refractivity contribution in [3.63, 3.8) is 0 Å². The number of hydrogen-bond donors (Lipinski definition) is 0. The lowest BCUT2D eigenvalue weighted by Gasteiger charge is -2.22. The second-order valence-electron chi connectivity index (χ2n) is 10.7. The topological polar surface area (TPSA) is 38.7 Å². The first-order valence-corrected chi connectivity index (χ1v) is 14.2. The zero-order valence-corrected chi connectivity index (χ0v) is 23.9. The third-order valence-corrected chi connectivity index (χ3v) is 8.49. The molecule has 1 heterocycles. The Hall–Kier alpha value is -4.41. The summed E-state index contributed by atoms with van der Waals surface area (Å²) in [6.45, 7) is 4.62. The van der Waals surface area contributed by atoms with Crippen LogP contribution in [-0.2, 0) is 5.41 Å². The molecule has 1 aliphatic rings. The van der Waals surface area contributed by atoms with Crippen LogP contribution in [0.1, 0.15) is 25.0 Å². The lowest BCUT2D eigenvalue weighted by atomic mass is 9.81. The largest absolute Gasteiger partial charge is 0.208 e. The maximum absolute atomic E-state index is 4.87. The monoisotopic (exact) mass is 579 g/mol. The van der Waals surface area contributed by atoms with Gasteiger partial charge in [-0.2, -0.15) is 0 Å². The predicted octanol–water partition coefficient (Wildman–Crippen LogP) is 9.61. The minimum Gasteiger partial charge on any atom is -0.208 e. The molecule has 7 rings (SSSR count). The van der Waals surface area contributed by atoms with E-state index in [1.54, 1.807) is 0 Å². The zero-order chi connectivity index (χ0) is 27.3. The number of rotatable bonds is 4. The van der Waals surface area contributed by atoms with E-state index in [0.29, 0.717) is 17.5 Å². The molecular formula is C36H26BrN3. The van der Waals surface area contributed by atoms with Crippen LogP contribution in [0, 0.1) is 0 Å². The van der Waals surface area contributed by atoms with Gasteiger partial charge in [0.15, 0.2) is 17.5 Å². The van der Waals surface area contributed by atoms with Crippen molar-refractivity contribution in [3.8, 4) is 56.4 Å². The summed E-state index contributed by atoms with van der Waals surface area (Å²) in [5, 5.41) is 0. The summed E-state index contributed by atoms with van der Waals surface area (Å²) in [7, 11) is 0. The molecule has 0 aliphatic heterocycles. The molecule has 1 aliphatic carbocycles. The van der Waals surface area contributed by atoms with Crippen LogP contribution in [0.25, 0.3) is 56.4 Å². The van der Waals surface area contributed by atoms with Gasteiger partial charge in [-0.25, -0.2) is 15.0 Å². The van der Waals surface area contributed by atoms with E-state index in [0.717, 1.165) is 26.7 Å². The summed E-state index contributed by atoms with van der Waals surface area (Å²) in [6.07, 6.45) is 0. The SMILES string of the molecule is CC1(C)c2cc(-c3ccc(-c4nc(-c5ccccc5)nc(-c5ccccc5)n4)cc3)ccc2-c2c(Br)cccc21. The van der Waals surface area contributed by atoms with Gasteiger partial charge in [-0.1, -0.05) is 139 Å². The molecule has 5 aromatic carbocycles. The van der Waals surface area contributed by atoms with Crippen LogP contribution in [0.5, 0.6) is 0 Å². The molecule has 3 nitrogen and oxygen atoms in total. The van der Waals surface area contributed by atoms with Crippen molar-refractivity contribution in [1.82, 2.24) is 15.0 Å². The first kappa shape index (κ1) is 24.6. The number of halogens is 1.